The van der Waals surface area contributed by atoms with E-state index in [1.165, 1.54) is 4.80 Å². The van der Waals surface area contributed by atoms with Gasteiger partial charge in [0.2, 0.25) is 5.82 Å². The normalized spacial score (nSPS) is 11.2. The van der Waals surface area contributed by atoms with Gasteiger partial charge in [0.05, 0.1) is 22.9 Å². The quantitative estimate of drug-likeness (QED) is 0.303. The van der Waals surface area contributed by atoms with E-state index in [1.807, 2.05) is 49.4 Å². The van der Waals surface area contributed by atoms with Crippen LogP contribution in [0.3, 0.4) is 0 Å². The van der Waals surface area contributed by atoms with Crippen LogP contribution in [-0.4, -0.2) is 35.0 Å². The number of pyridine rings is 1. The SMILES string of the molecule is Cc1c(-c2nnn(Cc3ccncc3)n2)nn(-c2ccc(Cl)cc2Cl)c1-c1ccc(Cl)cc1. The van der Waals surface area contributed by atoms with Crippen molar-refractivity contribution in [3.8, 4) is 28.5 Å². The number of nitrogens with zero attached hydrogens (tertiary/aromatic N) is 7. The molecule has 0 atom stereocenters. The summed E-state index contributed by atoms with van der Waals surface area (Å²) in [6.07, 6.45) is 3.46. The van der Waals surface area contributed by atoms with Gasteiger partial charge in [0.1, 0.15) is 5.69 Å². The van der Waals surface area contributed by atoms with Crippen LogP contribution in [0.1, 0.15) is 11.1 Å². The molecular weight excluding hydrogens is 481 g/mol. The first-order chi connectivity index (χ1) is 16.0. The minimum Gasteiger partial charge on any atom is -0.265 e. The third kappa shape index (κ3) is 4.35. The van der Waals surface area contributed by atoms with E-state index in [2.05, 4.69) is 20.4 Å². The van der Waals surface area contributed by atoms with Crippen molar-refractivity contribution in [1.82, 2.24) is 35.0 Å². The average Bonchev–Trinajstić information content (AvgIpc) is 3.39. The Labute approximate surface area is 204 Å². The van der Waals surface area contributed by atoms with Crippen LogP contribution >= 0.6 is 34.8 Å². The first-order valence-electron chi connectivity index (χ1n) is 9.97. The fourth-order valence-corrected chi connectivity index (χ4v) is 4.15. The van der Waals surface area contributed by atoms with Gasteiger partial charge < -0.3 is 0 Å². The Hall–Kier alpha value is -3.26. The van der Waals surface area contributed by atoms with Gasteiger partial charge >= 0.3 is 0 Å². The van der Waals surface area contributed by atoms with Gasteiger partial charge in [-0.25, -0.2) is 4.68 Å². The van der Waals surface area contributed by atoms with Crippen molar-refractivity contribution in [3.63, 3.8) is 0 Å². The second-order valence-corrected chi connectivity index (χ2v) is 8.62. The standard InChI is InChI=1S/C23H16Cl3N7/c1-14-21(23-28-31-32(30-23)13-15-8-10-27-11-9-15)29-33(20-7-6-18(25)12-19(20)26)22(14)16-2-4-17(24)5-3-16/h2-12H,13H2,1H3. The lowest BCUT2D eigenvalue weighted by atomic mass is 10.1. The van der Waals surface area contributed by atoms with Crippen molar-refractivity contribution in [2.75, 3.05) is 0 Å². The minimum absolute atomic E-state index is 0.417. The third-order valence-electron chi connectivity index (χ3n) is 5.12. The third-order valence-corrected chi connectivity index (χ3v) is 5.91. The zero-order valence-corrected chi connectivity index (χ0v) is 19.6. The molecule has 33 heavy (non-hydrogen) atoms. The fraction of sp³-hybridized carbons (Fsp3) is 0.0870. The molecule has 5 rings (SSSR count). The molecule has 2 aromatic carbocycles. The van der Waals surface area contributed by atoms with Gasteiger partial charge in [0.25, 0.3) is 0 Å². The first kappa shape index (κ1) is 21.6. The van der Waals surface area contributed by atoms with Gasteiger partial charge in [-0.2, -0.15) is 9.90 Å². The number of hydrogen-bond donors (Lipinski definition) is 0. The predicted octanol–water partition coefficient (Wildman–Crippen LogP) is 5.90. The second-order valence-electron chi connectivity index (χ2n) is 7.34. The molecule has 0 bridgehead atoms. The molecule has 0 unspecified atom stereocenters. The van der Waals surface area contributed by atoms with Crippen LogP contribution in [0.5, 0.6) is 0 Å². The maximum absolute atomic E-state index is 6.53. The summed E-state index contributed by atoms with van der Waals surface area (Å²) in [7, 11) is 0. The van der Waals surface area contributed by atoms with Crippen molar-refractivity contribution >= 4 is 34.8 Å². The molecule has 0 fully saturated rings. The van der Waals surface area contributed by atoms with E-state index in [1.54, 1.807) is 29.2 Å². The van der Waals surface area contributed by atoms with Gasteiger partial charge in [0, 0.05) is 33.6 Å². The summed E-state index contributed by atoms with van der Waals surface area (Å²) in [5, 5.41) is 19.5. The van der Waals surface area contributed by atoms with E-state index in [4.69, 9.17) is 39.9 Å². The van der Waals surface area contributed by atoms with Gasteiger partial charge in [-0.1, -0.05) is 46.9 Å². The van der Waals surface area contributed by atoms with Gasteiger partial charge in [0.15, 0.2) is 0 Å². The van der Waals surface area contributed by atoms with Crippen molar-refractivity contribution in [2.45, 2.75) is 13.5 Å². The number of rotatable bonds is 5. The minimum atomic E-state index is 0.417. The highest BCUT2D eigenvalue weighted by Crippen LogP contribution is 2.35. The number of tetrazole rings is 1. The van der Waals surface area contributed by atoms with Crippen LogP contribution in [0.25, 0.3) is 28.5 Å². The van der Waals surface area contributed by atoms with Crippen LogP contribution in [0, 0.1) is 6.92 Å². The monoisotopic (exact) mass is 495 g/mol. The lowest BCUT2D eigenvalue weighted by Crippen LogP contribution is -2.04. The number of hydrogen-bond acceptors (Lipinski definition) is 5. The van der Waals surface area contributed by atoms with Crippen molar-refractivity contribution in [2.24, 2.45) is 0 Å². The fourth-order valence-electron chi connectivity index (χ4n) is 3.54. The zero-order chi connectivity index (χ0) is 22.9. The molecule has 0 N–H and O–H groups in total. The predicted molar refractivity (Wildman–Crippen MR) is 129 cm³/mol. The Balaban J connectivity index is 1.63. The Morgan fingerprint density at radius 3 is 2.30 bits per heavy atom. The molecule has 0 spiro atoms. The molecular formula is C23H16Cl3N7. The van der Waals surface area contributed by atoms with Crippen LogP contribution in [0.4, 0.5) is 0 Å². The maximum Gasteiger partial charge on any atom is 0.225 e. The summed E-state index contributed by atoms with van der Waals surface area (Å²) in [4.78, 5) is 5.56. The molecule has 0 saturated carbocycles. The highest BCUT2D eigenvalue weighted by molar-refractivity contribution is 6.35. The van der Waals surface area contributed by atoms with Gasteiger partial charge in [-0.05, 0) is 60.2 Å². The van der Waals surface area contributed by atoms with E-state index in [0.29, 0.717) is 38.8 Å². The van der Waals surface area contributed by atoms with E-state index in [9.17, 15) is 0 Å². The molecule has 0 aliphatic carbocycles. The lowest BCUT2D eigenvalue weighted by molar-refractivity contribution is 0.572. The number of aromatic nitrogens is 7. The Morgan fingerprint density at radius 2 is 1.58 bits per heavy atom. The van der Waals surface area contributed by atoms with E-state index in [-0.39, 0.29) is 0 Å². The Kier molecular flexibility index (Phi) is 5.85. The molecule has 0 amide bonds. The molecule has 5 aromatic rings. The van der Waals surface area contributed by atoms with Crippen LogP contribution < -0.4 is 0 Å². The lowest BCUT2D eigenvalue weighted by Gasteiger charge is -2.11. The smallest absolute Gasteiger partial charge is 0.225 e. The highest BCUT2D eigenvalue weighted by Gasteiger charge is 2.23. The van der Waals surface area contributed by atoms with Crippen LogP contribution in [0.15, 0.2) is 67.0 Å². The second kappa shape index (κ2) is 8.94. The van der Waals surface area contributed by atoms with Crippen molar-refractivity contribution < 1.29 is 0 Å². The summed E-state index contributed by atoms with van der Waals surface area (Å²) in [5.74, 6) is 0.417. The average molecular weight is 497 g/mol. The van der Waals surface area contributed by atoms with Crippen LogP contribution in [0.2, 0.25) is 15.1 Å². The number of halogens is 3. The topological polar surface area (TPSA) is 74.3 Å². The molecule has 3 heterocycles. The van der Waals surface area contributed by atoms with Crippen molar-refractivity contribution in [1.29, 1.82) is 0 Å². The van der Waals surface area contributed by atoms with Gasteiger partial charge in [-0.3, -0.25) is 4.98 Å². The molecule has 0 saturated heterocycles. The number of benzene rings is 2. The van der Waals surface area contributed by atoms with E-state index >= 15 is 0 Å². The zero-order valence-electron chi connectivity index (χ0n) is 17.3. The highest BCUT2D eigenvalue weighted by atomic mass is 35.5. The Bertz CT molecular complexity index is 1430. The molecule has 164 valence electrons. The summed E-state index contributed by atoms with van der Waals surface area (Å²) < 4.78 is 1.77. The van der Waals surface area contributed by atoms with Crippen molar-refractivity contribution in [3.05, 3.63) is 93.2 Å². The Morgan fingerprint density at radius 1 is 0.848 bits per heavy atom. The summed E-state index contributed by atoms with van der Waals surface area (Å²) in [6.45, 7) is 2.44. The molecule has 7 nitrogen and oxygen atoms in total. The maximum atomic E-state index is 6.53. The molecule has 0 radical (unpaired) electrons. The van der Waals surface area contributed by atoms with E-state index < -0.39 is 0 Å². The van der Waals surface area contributed by atoms with Gasteiger partial charge in [-0.15, -0.1) is 10.2 Å². The summed E-state index contributed by atoms with van der Waals surface area (Å²) in [6, 6.07) is 16.6. The van der Waals surface area contributed by atoms with Crippen LogP contribution in [-0.2, 0) is 6.54 Å². The molecule has 3 aromatic heterocycles. The molecule has 0 aliphatic heterocycles. The summed E-state index contributed by atoms with van der Waals surface area (Å²) in [5.41, 5.74) is 4.96. The molecule has 10 heteroatoms. The molecule has 0 aliphatic rings. The van der Waals surface area contributed by atoms with E-state index in [0.717, 1.165) is 22.4 Å². The first-order valence-corrected chi connectivity index (χ1v) is 11.1. The largest absolute Gasteiger partial charge is 0.265 e. The summed E-state index contributed by atoms with van der Waals surface area (Å²) >= 11 is 18.8.